The Morgan fingerprint density at radius 1 is 1.50 bits per heavy atom. The fourth-order valence-corrected chi connectivity index (χ4v) is 1.72. The number of H-pyrrole nitrogens is 1. The maximum atomic E-state index is 10.9. The molecule has 0 aliphatic heterocycles. The van der Waals surface area contributed by atoms with Crippen LogP contribution in [0.25, 0.3) is 0 Å². The van der Waals surface area contributed by atoms with E-state index in [4.69, 9.17) is 11.6 Å². The number of benzene rings is 1. The monoisotopic (exact) mass is 264 g/mol. The van der Waals surface area contributed by atoms with E-state index in [1.165, 1.54) is 6.92 Å². The molecule has 0 radical (unpaired) electrons. The molecule has 0 fully saturated rings. The number of halogens is 1. The molecule has 0 aliphatic carbocycles. The molecule has 1 heterocycles. The number of nitrogens with zero attached hydrogens (tertiary/aromatic N) is 1. The molecule has 1 aromatic carbocycles. The molecular weight excluding hydrogens is 252 g/mol. The quantitative estimate of drug-likeness (QED) is 0.795. The van der Waals surface area contributed by atoms with Crippen molar-refractivity contribution in [1.29, 1.82) is 0 Å². The zero-order valence-electron chi connectivity index (χ0n) is 9.83. The van der Waals surface area contributed by atoms with E-state index < -0.39 is 0 Å². The van der Waals surface area contributed by atoms with Gasteiger partial charge in [0.15, 0.2) is 0 Å². The second kappa shape index (κ2) is 5.55. The highest BCUT2D eigenvalue weighted by molar-refractivity contribution is 6.34. The van der Waals surface area contributed by atoms with Gasteiger partial charge < -0.3 is 15.6 Å². The highest BCUT2D eigenvalue weighted by Crippen LogP contribution is 2.25. The molecule has 0 atom stereocenters. The van der Waals surface area contributed by atoms with Gasteiger partial charge in [-0.05, 0) is 18.2 Å². The lowest BCUT2D eigenvalue weighted by atomic mass is 10.2. The molecule has 0 aliphatic rings. The van der Waals surface area contributed by atoms with E-state index in [0.29, 0.717) is 17.3 Å². The van der Waals surface area contributed by atoms with Crippen molar-refractivity contribution < 1.29 is 4.79 Å². The number of imidazole rings is 1. The van der Waals surface area contributed by atoms with Crippen LogP contribution in [0.5, 0.6) is 0 Å². The van der Waals surface area contributed by atoms with Crippen LogP contribution in [0, 0.1) is 0 Å². The third kappa shape index (κ3) is 3.24. The number of rotatable bonds is 4. The van der Waals surface area contributed by atoms with Crippen LogP contribution in [-0.4, -0.2) is 15.9 Å². The fourth-order valence-electron chi connectivity index (χ4n) is 1.49. The van der Waals surface area contributed by atoms with Crippen molar-refractivity contribution in [3.63, 3.8) is 0 Å². The van der Waals surface area contributed by atoms with Crippen molar-refractivity contribution >= 4 is 28.9 Å². The number of aromatic amines is 1. The smallest absolute Gasteiger partial charge is 0.221 e. The Kier molecular flexibility index (Phi) is 3.84. The van der Waals surface area contributed by atoms with Gasteiger partial charge in [-0.2, -0.15) is 0 Å². The molecule has 0 unspecified atom stereocenters. The second-order valence-corrected chi connectivity index (χ2v) is 4.21. The summed E-state index contributed by atoms with van der Waals surface area (Å²) < 4.78 is 0. The summed E-state index contributed by atoms with van der Waals surface area (Å²) in [4.78, 5) is 17.9. The van der Waals surface area contributed by atoms with Gasteiger partial charge in [-0.15, -0.1) is 0 Å². The molecular formula is C12H13ClN4O. The van der Waals surface area contributed by atoms with Gasteiger partial charge in [0.1, 0.15) is 0 Å². The average Bonchev–Trinajstić information content (AvgIpc) is 2.82. The van der Waals surface area contributed by atoms with Gasteiger partial charge in [0.25, 0.3) is 0 Å². The van der Waals surface area contributed by atoms with E-state index in [1.807, 2.05) is 6.07 Å². The lowest BCUT2D eigenvalue weighted by Crippen LogP contribution is -2.06. The molecule has 0 saturated carbocycles. The predicted molar refractivity (Wildman–Crippen MR) is 71.7 cm³/mol. The fraction of sp³-hybridized carbons (Fsp3) is 0.167. The maximum absolute atomic E-state index is 10.9. The molecule has 2 aromatic rings. The Bertz CT molecular complexity index is 539. The Hall–Kier alpha value is -2.01. The Morgan fingerprint density at radius 2 is 2.33 bits per heavy atom. The second-order valence-electron chi connectivity index (χ2n) is 3.81. The molecule has 18 heavy (non-hydrogen) atoms. The highest BCUT2D eigenvalue weighted by Gasteiger charge is 2.03. The molecule has 0 saturated heterocycles. The minimum atomic E-state index is -0.143. The van der Waals surface area contributed by atoms with Crippen LogP contribution in [0.2, 0.25) is 5.02 Å². The van der Waals surface area contributed by atoms with Gasteiger partial charge in [0.05, 0.1) is 29.3 Å². The lowest BCUT2D eigenvalue weighted by Gasteiger charge is -2.09. The summed E-state index contributed by atoms with van der Waals surface area (Å²) in [6.45, 7) is 2.08. The van der Waals surface area contributed by atoms with Gasteiger partial charge in [0, 0.05) is 18.8 Å². The van der Waals surface area contributed by atoms with E-state index in [-0.39, 0.29) is 5.91 Å². The SMILES string of the molecule is CC(=O)Nc1ccc(NCc2cnc[nH]2)cc1Cl. The summed E-state index contributed by atoms with van der Waals surface area (Å²) in [5, 5.41) is 6.35. The van der Waals surface area contributed by atoms with Crippen LogP contribution in [0.1, 0.15) is 12.6 Å². The van der Waals surface area contributed by atoms with Crippen LogP contribution in [0.4, 0.5) is 11.4 Å². The number of carbonyl (C=O) groups excluding carboxylic acids is 1. The number of amides is 1. The first-order chi connectivity index (χ1) is 8.65. The van der Waals surface area contributed by atoms with E-state index in [1.54, 1.807) is 24.7 Å². The molecule has 94 valence electrons. The van der Waals surface area contributed by atoms with Gasteiger partial charge >= 0.3 is 0 Å². The number of nitrogens with one attached hydrogen (secondary N) is 3. The van der Waals surface area contributed by atoms with Crippen LogP contribution in [0.15, 0.2) is 30.7 Å². The highest BCUT2D eigenvalue weighted by atomic mass is 35.5. The first-order valence-corrected chi connectivity index (χ1v) is 5.81. The number of anilines is 2. The van der Waals surface area contributed by atoms with Crippen molar-refractivity contribution in [1.82, 2.24) is 9.97 Å². The normalized spacial score (nSPS) is 10.1. The Labute approximate surface area is 110 Å². The number of carbonyl (C=O) groups is 1. The first kappa shape index (κ1) is 12.4. The van der Waals surface area contributed by atoms with E-state index in [2.05, 4.69) is 20.6 Å². The van der Waals surface area contributed by atoms with Crippen molar-refractivity contribution in [2.24, 2.45) is 0 Å². The van der Waals surface area contributed by atoms with Crippen LogP contribution >= 0.6 is 11.6 Å². The van der Waals surface area contributed by atoms with Gasteiger partial charge in [-0.3, -0.25) is 4.79 Å². The van der Waals surface area contributed by atoms with Crippen molar-refractivity contribution in [3.05, 3.63) is 41.4 Å². The van der Waals surface area contributed by atoms with Crippen molar-refractivity contribution in [2.75, 3.05) is 10.6 Å². The van der Waals surface area contributed by atoms with E-state index in [9.17, 15) is 4.79 Å². The summed E-state index contributed by atoms with van der Waals surface area (Å²) in [6.07, 6.45) is 3.38. The van der Waals surface area contributed by atoms with Gasteiger partial charge in [0.2, 0.25) is 5.91 Å². The number of hydrogen-bond donors (Lipinski definition) is 3. The lowest BCUT2D eigenvalue weighted by molar-refractivity contribution is -0.114. The van der Waals surface area contributed by atoms with E-state index >= 15 is 0 Å². The molecule has 0 spiro atoms. The standard InChI is InChI=1S/C12H13ClN4O/c1-8(18)17-12-3-2-9(4-11(12)13)15-6-10-5-14-7-16-10/h2-5,7,15H,6H2,1H3,(H,14,16)(H,17,18). The zero-order valence-corrected chi connectivity index (χ0v) is 10.6. The third-order valence-corrected chi connectivity index (χ3v) is 2.63. The maximum Gasteiger partial charge on any atom is 0.221 e. The molecule has 1 aromatic heterocycles. The Balaban J connectivity index is 2.02. The molecule has 2 rings (SSSR count). The number of aromatic nitrogens is 2. The molecule has 6 heteroatoms. The summed E-state index contributed by atoms with van der Waals surface area (Å²) >= 11 is 6.06. The van der Waals surface area contributed by atoms with Gasteiger partial charge in [-0.1, -0.05) is 11.6 Å². The zero-order chi connectivity index (χ0) is 13.0. The topological polar surface area (TPSA) is 69.8 Å². The van der Waals surface area contributed by atoms with Crippen LogP contribution in [0.3, 0.4) is 0 Å². The predicted octanol–water partition coefficient (Wildman–Crippen LogP) is 2.63. The third-order valence-electron chi connectivity index (χ3n) is 2.32. The average molecular weight is 265 g/mol. The summed E-state index contributed by atoms with van der Waals surface area (Å²) in [5.41, 5.74) is 2.47. The number of hydrogen-bond acceptors (Lipinski definition) is 3. The van der Waals surface area contributed by atoms with Crippen molar-refractivity contribution in [2.45, 2.75) is 13.5 Å². The van der Waals surface area contributed by atoms with Crippen LogP contribution in [-0.2, 0) is 11.3 Å². The van der Waals surface area contributed by atoms with E-state index in [0.717, 1.165) is 11.4 Å². The first-order valence-electron chi connectivity index (χ1n) is 5.43. The van der Waals surface area contributed by atoms with Crippen LogP contribution < -0.4 is 10.6 Å². The van der Waals surface area contributed by atoms with Gasteiger partial charge in [-0.25, -0.2) is 4.98 Å². The molecule has 3 N–H and O–H groups in total. The minimum Gasteiger partial charge on any atom is -0.379 e. The summed E-state index contributed by atoms with van der Waals surface area (Å²) in [6, 6.07) is 5.38. The summed E-state index contributed by atoms with van der Waals surface area (Å²) in [7, 11) is 0. The molecule has 1 amide bonds. The molecule has 5 nitrogen and oxygen atoms in total. The van der Waals surface area contributed by atoms with Crippen molar-refractivity contribution in [3.8, 4) is 0 Å². The molecule has 0 bridgehead atoms. The Morgan fingerprint density at radius 3 is 2.94 bits per heavy atom. The largest absolute Gasteiger partial charge is 0.379 e. The minimum absolute atomic E-state index is 0.143. The summed E-state index contributed by atoms with van der Waals surface area (Å²) in [5.74, 6) is -0.143.